The highest BCUT2D eigenvalue weighted by molar-refractivity contribution is 6.38. The number of benzene rings is 1. The number of hydrogen-bond acceptors (Lipinski definition) is 2. The van der Waals surface area contributed by atoms with Crippen LogP contribution in [-0.4, -0.2) is 12.3 Å². The van der Waals surface area contributed by atoms with Crippen LogP contribution in [0.5, 0.6) is 0 Å². The molecule has 1 aliphatic heterocycles. The summed E-state index contributed by atoms with van der Waals surface area (Å²) in [5.41, 5.74) is 1.31. The summed E-state index contributed by atoms with van der Waals surface area (Å²) in [7, 11) is 0. The molecular formula is C9H8Cl3NO. The Kier molecular flexibility index (Phi) is 3.65. The van der Waals surface area contributed by atoms with Crippen molar-refractivity contribution in [3.05, 3.63) is 27.7 Å². The second kappa shape index (κ2) is 4.39. The Morgan fingerprint density at radius 3 is 2.71 bits per heavy atom. The number of anilines is 1. The van der Waals surface area contributed by atoms with E-state index in [1.807, 2.05) is 0 Å². The lowest BCUT2D eigenvalue weighted by Gasteiger charge is -2.18. The van der Waals surface area contributed by atoms with Crippen molar-refractivity contribution in [3.63, 3.8) is 0 Å². The van der Waals surface area contributed by atoms with E-state index in [0.717, 1.165) is 5.69 Å². The summed E-state index contributed by atoms with van der Waals surface area (Å²) in [6, 6.07) is 3.31. The zero-order chi connectivity index (χ0) is 9.42. The maximum atomic E-state index is 11.5. The van der Waals surface area contributed by atoms with Crippen molar-refractivity contribution < 1.29 is 4.79 Å². The van der Waals surface area contributed by atoms with Crippen LogP contribution in [0.1, 0.15) is 16.8 Å². The molecule has 0 unspecified atom stereocenters. The molecule has 0 saturated heterocycles. The Labute approximate surface area is 98.0 Å². The molecule has 0 fully saturated rings. The van der Waals surface area contributed by atoms with Gasteiger partial charge >= 0.3 is 0 Å². The Balaban J connectivity index is 0.000000980. The second-order valence-corrected chi connectivity index (χ2v) is 3.75. The third-order valence-corrected chi connectivity index (χ3v) is 2.52. The van der Waals surface area contributed by atoms with E-state index >= 15 is 0 Å². The molecule has 1 aliphatic rings. The predicted molar refractivity (Wildman–Crippen MR) is 61.1 cm³/mol. The Morgan fingerprint density at radius 1 is 1.29 bits per heavy atom. The van der Waals surface area contributed by atoms with E-state index < -0.39 is 0 Å². The van der Waals surface area contributed by atoms with Gasteiger partial charge in [-0.1, -0.05) is 23.2 Å². The van der Waals surface area contributed by atoms with E-state index in [1.54, 1.807) is 12.1 Å². The monoisotopic (exact) mass is 251 g/mol. The van der Waals surface area contributed by atoms with E-state index in [-0.39, 0.29) is 18.2 Å². The molecule has 0 atom stereocenters. The van der Waals surface area contributed by atoms with Crippen LogP contribution in [0.25, 0.3) is 0 Å². The minimum atomic E-state index is 0. The first-order valence-electron chi connectivity index (χ1n) is 3.94. The van der Waals surface area contributed by atoms with Crippen molar-refractivity contribution in [1.82, 2.24) is 0 Å². The first-order chi connectivity index (χ1) is 6.18. The van der Waals surface area contributed by atoms with Crippen LogP contribution in [-0.2, 0) is 0 Å². The largest absolute Gasteiger partial charge is 0.384 e. The van der Waals surface area contributed by atoms with Crippen LogP contribution >= 0.6 is 35.6 Å². The lowest BCUT2D eigenvalue weighted by molar-refractivity contribution is 0.0984. The average molecular weight is 253 g/mol. The third kappa shape index (κ3) is 1.97. The zero-order valence-corrected chi connectivity index (χ0v) is 9.47. The number of nitrogens with one attached hydrogen (secondary N) is 1. The van der Waals surface area contributed by atoms with E-state index in [1.165, 1.54) is 0 Å². The molecule has 5 heteroatoms. The van der Waals surface area contributed by atoms with Crippen LogP contribution < -0.4 is 5.32 Å². The van der Waals surface area contributed by atoms with Crippen molar-refractivity contribution in [3.8, 4) is 0 Å². The number of carbonyl (C=O) groups excluding carboxylic acids is 1. The fourth-order valence-corrected chi connectivity index (χ4v) is 2.03. The number of carbonyl (C=O) groups is 1. The smallest absolute Gasteiger partial charge is 0.168 e. The average Bonchev–Trinajstić information content (AvgIpc) is 2.02. The van der Waals surface area contributed by atoms with Gasteiger partial charge in [-0.3, -0.25) is 4.79 Å². The molecule has 1 aromatic rings. The number of ketones is 1. The molecule has 1 N–H and O–H groups in total. The zero-order valence-electron chi connectivity index (χ0n) is 7.14. The molecule has 0 aliphatic carbocycles. The van der Waals surface area contributed by atoms with E-state index in [0.29, 0.717) is 28.6 Å². The third-order valence-electron chi connectivity index (χ3n) is 2.00. The van der Waals surface area contributed by atoms with Gasteiger partial charge in [0.25, 0.3) is 0 Å². The summed E-state index contributed by atoms with van der Waals surface area (Å²) in [6.45, 7) is 0.655. The van der Waals surface area contributed by atoms with Gasteiger partial charge in [-0.15, -0.1) is 12.4 Å². The highest BCUT2D eigenvalue weighted by atomic mass is 35.5. The standard InChI is InChI=1S/C9H7Cl2NO.ClH/c10-5-3-6(11)9-7(4-5)12-2-1-8(9)13;/h3-4,12H,1-2H2;1H. The SMILES string of the molecule is Cl.O=C1CCNc2cc(Cl)cc(Cl)c21. The first kappa shape index (κ1) is 11.6. The molecule has 0 saturated carbocycles. The van der Waals surface area contributed by atoms with Crippen molar-refractivity contribution in [2.24, 2.45) is 0 Å². The molecule has 0 aromatic heterocycles. The van der Waals surface area contributed by atoms with Crippen LogP contribution in [0.15, 0.2) is 12.1 Å². The summed E-state index contributed by atoms with van der Waals surface area (Å²) < 4.78 is 0. The van der Waals surface area contributed by atoms with Gasteiger partial charge in [0.1, 0.15) is 0 Å². The Morgan fingerprint density at radius 2 is 2.00 bits per heavy atom. The normalized spacial score (nSPS) is 14.0. The van der Waals surface area contributed by atoms with Gasteiger partial charge in [-0.05, 0) is 12.1 Å². The number of fused-ring (bicyclic) bond motifs is 1. The van der Waals surface area contributed by atoms with Gasteiger partial charge in [0, 0.05) is 23.7 Å². The topological polar surface area (TPSA) is 29.1 Å². The van der Waals surface area contributed by atoms with Gasteiger partial charge in [-0.25, -0.2) is 0 Å². The van der Waals surface area contributed by atoms with Crippen molar-refractivity contribution in [2.45, 2.75) is 6.42 Å². The molecule has 2 nitrogen and oxygen atoms in total. The minimum Gasteiger partial charge on any atom is -0.384 e. The van der Waals surface area contributed by atoms with E-state index in [9.17, 15) is 4.79 Å². The Hall–Kier alpha value is -0.440. The van der Waals surface area contributed by atoms with E-state index in [2.05, 4.69) is 5.32 Å². The molecule has 1 aromatic carbocycles. The summed E-state index contributed by atoms with van der Waals surface area (Å²) in [6.07, 6.45) is 0.494. The molecule has 0 radical (unpaired) electrons. The number of halogens is 3. The molecule has 1 heterocycles. The maximum Gasteiger partial charge on any atom is 0.168 e. The van der Waals surface area contributed by atoms with Crippen LogP contribution in [0.2, 0.25) is 10.0 Å². The number of Topliss-reactive ketones (excluding diaryl/α,β-unsaturated/α-hetero) is 1. The molecule has 0 amide bonds. The minimum absolute atomic E-state index is 0. The Bertz CT molecular complexity index is 379. The number of rotatable bonds is 0. The van der Waals surface area contributed by atoms with Gasteiger partial charge in [-0.2, -0.15) is 0 Å². The van der Waals surface area contributed by atoms with Crippen molar-refractivity contribution >= 4 is 47.1 Å². The molecule has 76 valence electrons. The fourth-order valence-electron chi connectivity index (χ4n) is 1.43. The van der Waals surface area contributed by atoms with Gasteiger partial charge in [0.05, 0.1) is 10.6 Å². The summed E-state index contributed by atoms with van der Waals surface area (Å²) in [5, 5.41) is 4.06. The van der Waals surface area contributed by atoms with Gasteiger partial charge in [0.2, 0.25) is 0 Å². The summed E-state index contributed by atoms with van der Waals surface area (Å²) in [5.74, 6) is 0.0791. The predicted octanol–water partition coefficient (Wildman–Crippen LogP) is 3.41. The molecule has 14 heavy (non-hydrogen) atoms. The van der Waals surface area contributed by atoms with Crippen molar-refractivity contribution in [1.29, 1.82) is 0 Å². The molecule has 0 bridgehead atoms. The number of hydrogen-bond donors (Lipinski definition) is 1. The van der Waals surface area contributed by atoms with Gasteiger partial charge in [0.15, 0.2) is 5.78 Å². The molecular weight excluding hydrogens is 244 g/mol. The summed E-state index contributed by atoms with van der Waals surface area (Å²) in [4.78, 5) is 11.5. The maximum absolute atomic E-state index is 11.5. The molecule has 0 spiro atoms. The first-order valence-corrected chi connectivity index (χ1v) is 4.70. The fraction of sp³-hybridized carbons (Fsp3) is 0.222. The van der Waals surface area contributed by atoms with Crippen molar-refractivity contribution in [2.75, 3.05) is 11.9 Å². The lowest BCUT2D eigenvalue weighted by atomic mass is 10.0. The second-order valence-electron chi connectivity index (χ2n) is 2.91. The lowest BCUT2D eigenvalue weighted by Crippen LogP contribution is -2.18. The van der Waals surface area contributed by atoms with Crippen LogP contribution in [0.4, 0.5) is 5.69 Å². The van der Waals surface area contributed by atoms with Gasteiger partial charge < -0.3 is 5.32 Å². The highest BCUT2D eigenvalue weighted by Gasteiger charge is 2.20. The molecule has 2 rings (SSSR count). The highest BCUT2D eigenvalue weighted by Crippen LogP contribution is 2.32. The van der Waals surface area contributed by atoms with Crippen LogP contribution in [0, 0.1) is 0 Å². The summed E-state index contributed by atoms with van der Waals surface area (Å²) >= 11 is 11.7. The van der Waals surface area contributed by atoms with Crippen LogP contribution in [0.3, 0.4) is 0 Å². The quantitative estimate of drug-likeness (QED) is 0.766. The van der Waals surface area contributed by atoms with E-state index in [4.69, 9.17) is 23.2 Å².